The molecule has 700 valence electrons. The zero-order valence-corrected chi connectivity index (χ0v) is 80.9. The lowest BCUT2D eigenvalue weighted by atomic mass is 9.99. The van der Waals surface area contributed by atoms with Crippen LogP contribution < -0.4 is 0 Å². The summed E-state index contributed by atoms with van der Waals surface area (Å²) in [5.74, 6) is 3.60. The molecule has 0 aliphatic heterocycles. The van der Waals surface area contributed by atoms with Gasteiger partial charge in [0.2, 0.25) is 0 Å². The van der Waals surface area contributed by atoms with E-state index in [4.69, 9.17) is 38.7 Å². The van der Waals surface area contributed by atoms with Crippen molar-refractivity contribution >= 4 is 131 Å². The fourth-order valence-corrected chi connectivity index (χ4v) is 22.6. The van der Waals surface area contributed by atoms with Crippen molar-refractivity contribution in [2.45, 2.75) is 0 Å². The number of nitrogens with zero attached hydrogens (tertiary/aromatic N) is 10. The zero-order chi connectivity index (χ0) is 98.8. The molecular weight excluding hydrogens is 1830 g/mol. The van der Waals surface area contributed by atoms with Crippen LogP contribution in [0.15, 0.2) is 531 Å². The monoisotopic (exact) mass is 1910 g/mol. The maximum Gasteiger partial charge on any atom is 0.164 e. The van der Waals surface area contributed by atoms with Gasteiger partial charge in [-0.1, -0.05) is 400 Å². The van der Waals surface area contributed by atoms with E-state index in [1.807, 2.05) is 30.3 Å². The smallest absolute Gasteiger partial charge is 0.164 e. The largest absolute Gasteiger partial charge is 0.452 e. The van der Waals surface area contributed by atoms with Crippen LogP contribution in [-0.4, -0.2) is 48.2 Å². The van der Waals surface area contributed by atoms with E-state index in [2.05, 4.69) is 510 Å². The van der Waals surface area contributed by atoms with Crippen molar-refractivity contribution in [3.05, 3.63) is 522 Å². The summed E-state index contributed by atoms with van der Waals surface area (Å²) < 4.78 is 24.3. The minimum Gasteiger partial charge on any atom is -0.452 e. The van der Waals surface area contributed by atoms with E-state index in [-0.39, 0.29) is 0 Å². The van der Waals surface area contributed by atoms with Crippen molar-refractivity contribution in [1.82, 2.24) is 48.2 Å². The highest BCUT2D eigenvalue weighted by molar-refractivity contribution is 6.29. The van der Waals surface area contributed by atoms with Gasteiger partial charge in [-0.25, -0.2) is 29.9 Å². The van der Waals surface area contributed by atoms with Crippen molar-refractivity contribution in [2.75, 3.05) is 0 Å². The van der Waals surface area contributed by atoms with Gasteiger partial charge in [-0.05, 0) is 177 Å². The first kappa shape index (κ1) is 86.3. The van der Waals surface area contributed by atoms with E-state index in [1.54, 1.807) is 0 Å². The molecule has 8 aromatic heterocycles. The highest BCUT2D eigenvalue weighted by Gasteiger charge is 2.30. The van der Waals surface area contributed by atoms with Crippen molar-refractivity contribution in [3.63, 3.8) is 0 Å². The van der Waals surface area contributed by atoms with Gasteiger partial charge in [0.1, 0.15) is 0 Å². The predicted octanol–water partition coefficient (Wildman–Crippen LogP) is 35.9. The number of aromatic nitrogens is 10. The van der Waals surface area contributed by atoms with E-state index in [1.165, 1.54) is 10.8 Å². The Kier molecular flexibility index (Phi) is 20.7. The summed E-state index contributed by atoms with van der Waals surface area (Å²) in [7, 11) is 0. The molecule has 30 aromatic rings. The molecule has 150 heavy (non-hydrogen) atoms. The van der Waals surface area contributed by atoms with E-state index in [0.717, 1.165) is 243 Å². The topological polar surface area (TPSA) is 123 Å². The van der Waals surface area contributed by atoms with Crippen LogP contribution in [0.2, 0.25) is 0 Å². The van der Waals surface area contributed by atoms with Gasteiger partial charge in [-0.15, -0.1) is 0 Å². The zero-order valence-electron chi connectivity index (χ0n) is 80.9. The molecule has 8 heterocycles. The molecule has 22 aromatic carbocycles. The summed E-state index contributed by atoms with van der Waals surface area (Å²) >= 11 is 0. The van der Waals surface area contributed by atoms with Crippen molar-refractivity contribution in [2.24, 2.45) is 0 Å². The number of hydrogen-bond donors (Lipinski definition) is 0. The standard InChI is InChI=1S/2C69H43N5O/c1-4-18-44(19-5-1)48-24-16-26-50(42-48)68-70-67(71-69(72-68)51-27-17-25-49(43-51)45-20-6-2-7-21-45)47-34-36-52(37-35-47)73-61-32-14-11-29-54(61)56-38-40-58-59-41-39-57-55-30-12-15-33-62(55)74(64(57)66(59)75-65(58)63(56)73)60-31-13-10-28-53(60)46-22-8-3-9-23-46;1-4-18-44(19-5-1)45-32-34-48(35-33-45)67-70-68(72-69(71-67)59-28-11-10-24-51(59)46-20-6-2-7-21-46)49-36-38-50(39-37-49)73-61-30-16-13-26-53(61)55-40-42-57-58-43-41-56-54-27-14-17-31-62(54)74(64(56)66(58)75-65(57)63(55)73)60-29-15-12-25-52(60)47-22-8-3-9-23-47/h2*1-43H. The van der Waals surface area contributed by atoms with Gasteiger partial charge in [0.25, 0.3) is 0 Å². The molecule has 0 aliphatic carbocycles. The molecule has 0 unspecified atom stereocenters. The van der Waals surface area contributed by atoms with E-state index < -0.39 is 0 Å². The fraction of sp³-hybridized carbons (Fsp3) is 0. The molecule has 0 atom stereocenters. The predicted molar refractivity (Wildman–Crippen MR) is 617 cm³/mol. The van der Waals surface area contributed by atoms with Crippen molar-refractivity contribution < 1.29 is 8.83 Å². The van der Waals surface area contributed by atoms with E-state index in [0.29, 0.717) is 34.9 Å². The van der Waals surface area contributed by atoms with Crippen molar-refractivity contribution in [3.8, 4) is 158 Å². The number of benzene rings is 22. The SMILES string of the molecule is c1ccc(-c2ccc(-c3nc(-c4ccc(-n5c6ccccc6c6ccc7c8ccc9c%10ccccc%10n(-c%10ccccc%10-c%10ccccc%10)c9c8oc7c65)cc4)nc(-c4ccccc4-c4ccccc4)n3)cc2)cc1.c1ccc(-c2cccc(-c3nc(-c4ccc(-n5c6ccccc6c6ccc7c8ccc9c%10ccccc%10n(-c%10ccccc%10-c%10ccccc%10)c9c8oc7c65)cc4)nc(-c4cccc(-c5ccccc5)c4)n3)c2)cc1. The molecule has 0 N–H and O–H groups in total. The average Bonchev–Trinajstić information content (AvgIpc) is 1.54. The first-order chi connectivity index (χ1) is 74.4. The molecule has 12 heteroatoms. The Morgan fingerprint density at radius 2 is 0.360 bits per heavy atom. The molecular formula is C138H86N10O2. The lowest BCUT2D eigenvalue weighted by Gasteiger charge is -2.14. The Bertz CT molecular complexity index is 10500. The lowest BCUT2D eigenvalue weighted by Crippen LogP contribution is -2.01. The van der Waals surface area contributed by atoms with Crippen LogP contribution >= 0.6 is 0 Å². The van der Waals surface area contributed by atoms with Gasteiger partial charge in [0, 0.05) is 121 Å². The molecule has 0 fully saturated rings. The van der Waals surface area contributed by atoms with Gasteiger partial charge in [0.05, 0.1) is 55.5 Å². The number of para-hydroxylation sites is 6. The number of hydrogen-bond acceptors (Lipinski definition) is 8. The third kappa shape index (κ3) is 14.6. The lowest BCUT2D eigenvalue weighted by molar-refractivity contribution is 0.673. The second-order valence-corrected chi connectivity index (χ2v) is 38.2. The maximum atomic E-state index is 7.42. The van der Waals surface area contributed by atoms with Crippen LogP contribution in [0, 0.1) is 0 Å². The maximum absolute atomic E-state index is 7.42. The van der Waals surface area contributed by atoms with Crippen LogP contribution in [-0.2, 0) is 0 Å². The summed E-state index contributed by atoms with van der Waals surface area (Å²) in [5, 5.41) is 13.4. The van der Waals surface area contributed by atoms with Crippen LogP contribution in [0.4, 0.5) is 0 Å². The van der Waals surface area contributed by atoms with Crippen LogP contribution in [0.5, 0.6) is 0 Å². The first-order valence-corrected chi connectivity index (χ1v) is 50.7. The first-order valence-electron chi connectivity index (χ1n) is 50.7. The second kappa shape index (κ2) is 35.9. The Balaban J connectivity index is 0.000000141. The molecule has 0 saturated heterocycles. The molecule has 0 aliphatic rings. The summed E-state index contributed by atoms with van der Waals surface area (Å²) in [6, 6.07) is 184. The molecule has 0 spiro atoms. The average molecular weight is 1920 g/mol. The second-order valence-electron chi connectivity index (χ2n) is 38.2. The molecule has 0 bridgehead atoms. The minimum atomic E-state index is 0.590. The summed E-state index contributed by atoms with van der Waals surface area (Å²) in [6.07, 6.45) is 0. The summed E-state index contributed by atoms with van der Waals surface area (Å²) in [4.78, 5) is 31.3. The normalized spacial score (nSPS) is 11.7. The van der Waals surface area contributed by atoms with Gasteiger partial charge in [-0.2, -0.15) is 0 Å². The van der Waals surface area contributed by atoms with Gasteiger partial charge >= 0.3 is 0 Å². The highest BCUT2D eigenvalue weighted by atomic mass is 16.3. The van der Waals surface area contributed by atoms with Crippen LogP contribution in [0.25, 0.3) is 289 Å². The number of fused-ring (bicyclic) bond motifs is 22. The van der Waals surface area contributed by atoms with Gasteiger partial charge in [-0.3, -0.25) is 0 Å². The van der Waals surface area contributed by atoms with E-state index >= 15 is 0 Å². The van der Waals surface area contributed by atoms with E-state index in [9.17, 15) is 0 Å². The minimum absolute atomic E-state index is 0.590. The summed E-state index contributed by atoms with van der Waals surface area (Å²) in [6.45, 7) is 0. The third-order valence-corrected chi connectivity index (χ3v) is 29.6. The molecule has 0 amide bonds. The number of furan rings is 2. The Morgan fingerprint density at radius 3 is 0.713 bits per heavy atom. The Labute approximate surface area is 861 Å². The third-order valence-electron chi connectivity index (χ3n) is 29.6. The van der Waals surface area contributed by atoms with Gasteiger partial charge in [0.15, 0.2) is 57.3 Å². The van der Waals surface area contributed by atoms with Crippen molar-refractivity contribution in [1.29, 1.82) is 0 Å². The Hall–Kier alpha value is -20.3. The van der Waals surface area contributed by atoms with Gasteiger partial charge < -0.3 is 27.1 Å². The van der Waals surface area contributed by atoms with Crippen LogP contribution in [0.1, 0.15) is 0 Å². The highest BCUT2D eigenvalue weighted by Crippen LogP contribution is 2.50. The molecule has 30 rings (SSSR count). The molecule has 0 radical (unpaired) electrons. The van der Waals surface area contributed by atoms with Crippen LogP contribution in [0.3, 0.4) is 0 Å². The number of rotatable bonds is 16. The quantitative estimate of drug-likeness (QED) is 0.0937. The fourth-order valence-electron chi connectivity index (χ4n) is 22.6. The summed E-state index contributed by atoms with van der Waals surface area (Å²) in [5.41, 5.74) is 35.0. The molecule has 0 saturated carbocycles. The Morgan fingerprint density at radius 1 is 0.133 bits per heavy atom. The molecule has 12 nitrogen and oxygen atoms in total.